The highest BCUT2D eigenvalue weighted by atomic mass is 16.1. The Kier molecular flexibility index (Phi) is 5.05. The molecule has 1 aromatic carbocycles. The van der Waals surface area contributed by atoms with Crippen LogP contribution in [0.25, 0.3) is 5.52 Å². The van der Waals surface area contributed by atoms with E-state index in [0.717, 1.165) is 41.6 Å². The first-order valence-electron chi connectivity index (χ1n) is 10.0. The number of carbonyl (C=O) groups is 2. The maximum absolute atomic E-state index is 12.4. The molecule has 0 atom stereocenters. The summed E-state index contributed by atoms with van der Waals surface area (Å²) in [7, 11) is 0. The number of benzene rings is 1. The zero-order valence-corrected chi connectivity index (χ0v) is 17.0. The molecule has 0 bridgehead atoms. The Morgan fingerprint density at radius 2 is 2.03 bits per heavy atom. The molecule has 7 nitrogen and oxygen atoms in total. The predicted molar refractivity (Wildman–Crippen MR) is 112 cm³/mol. The Bertz CT molecular complexity index is 1100. The van der Waals surface area contributed by atoms with Gasteiger partial charge in [-0.25, -0.2) is 9.50 Å². The van der Waals surface area contributed by atoms with E-state index < -0.39 is 0 Å². The number of amides is 1. The number of aromatic nitrogens is 3. The molecule has 1 saturated carbocycles. The van der Waals surface area contributed by atoms with Gasteiger partial charge in [0.05, 0.1) is 0 Å². The van der Waals surface area contributed by atoms with Crippen molar-refractivity contribution < 1.29 is 9.59 Å². The van der Waals surface area contributed by atoms with Crippen LogP contribution in [0, 0.1) is 13.8 Å². The van der Waals surface area contributed by atoms with Crippen LogP contribution >= 0.6 is 0 Å². The lowest BCUT2D eigenvalue weighted by Crippen LogP contribution is -2.25. The molecular formula is C22H25N5O2. The van der Waals surface area contributed by atoms with Crippen LogP contribution < -0.4 is 10.6 Å². The maximum Gasteiger partial charge on any atom is 0.251 e. The van der Waals surface area contributed by atoms with Crippen LogP contribution in [-0.4, -0.2) is 32.3 Å². The van der Waals surface area contributed by atoms with Gasteiger partial charge in [0.25, 0.3) is 5.91 Å². The summed E-state index contributed by atoms with van der Waals surface area (Å²) in [4.78, 5) is 29.3. The minimum absolute atomic E-state index is 0.0605. The monoisotopic (exact) mass is 391 g/mol. The summed E-state index contributed by atoms with van der Waals surface area (Å²) < 4.78 is 1.69. The number of carbonyl (C=O) groups excluding carboxylic acids is 2. The van der Waals surface area contributed by atoms with Gasteiger partial charge >= 0.3 is 0 Å². The van der Waals surface area contributed by atoms with Crippen LogP contribution in [-0.2, 0) is 0 Å². The maximum atomic E-state index is 12.4. The van der Waals surface area contributed by atoms with Crippen molar-refractivity contribution in [2.75, 3.05) is 5.32 Å². The van der Waals surface area contributed by atoms with Crippen molar-refractivity contribution in [2.45, 2.75) is 52.5 Å². The van der Waals surface area contributed by atoms with E-state index in [1.54, 1.807) is 10.7 Å². The zero-order chi connectivity index (χ0) is 20.5. The normalized spacial score (nSPS) is 13.5. The Morgan fingerprint density at radius 1 is 1.24 bits per heavy atom. The van der Waals surface area contributed by atoms with Gasteiger partial charge in [-0.05, 0) is 56.4 Å². The molecular weight excluding hydrogens is 366 g/mol. The number of hydrogen-bond donors (Lipinski definition) is 2. The molecule has 0 saturated heterocycles. The van der Waals surface area contributed by atoms with Gasteiger partial charge in [0.2, 0.25) is 0 Å². The molecule has 2 heterocycles. The summed E-state index contributed by atoms with van der Waals surface area (Å²) in [5.41, 5.74) is 4.70. The van der Waals surface area contributed by atoms with E-state index in [-0.39, 0.29) is 11.7 Å². The van der Waals surface area contributed by atoms with E-state index in [0.29, 0.717) is 29.4 Å². The molecule has 0 radical (unpaired) electrons. The molecule has 0 unspecified atom stereocenters. The first-order chi connectivity index (χ1) is 14.0. The number of anilines is 2. The molecule has 7 heteroatoms. The number of fused-ring (bicyclic) bond motifs is 1. The zero-order valence-electron chi connectivity index (χ0n) is 17.0. The van der Waals surface area contributed by atoms with Crippen molar-refractivity contribution in [1.29, 1.82) is 0 Å². The van der Waals surface area contributed by atoms with Gasteiger partial charge in [-0.15, -0.1) is 0 Å². The third-order valence-corrected chi connectivity index (χ3v) is 5.27. The smallest absolute Gasteiger partial charge is 0.251 e. The van der Waals surface area contributed by atoms with E-state index in [9.17, 15) is 9.59 Å². The molecule has 1 amide bonds. The Labute approximate surface area is 169 Å². The van der Waals surface area contributed by atoms with Crippen LogP contribution in [0.1, 0.15) is 64.4 Å². The molecule has 0 aliphatic heterocycles. The van der Waals surface area contributed by atoms with Crippen molar-refractivity contribution in [3.8, 4) is 0 Å². The topological polar surface area (TPSA) is 88.4 Å². The second-order valence-corrected chi connectivity index (χ2v) is 7.65. The summed E-state index contributed by atoms with van der Waals surface area (Å²) in [5.74, 6) is 0.655. The van der Waals surface area contributed by atoms with E-state index >= 15 is 0 Å². The van der Waals surface area contributed by atoms with Crippen LogP contribution in [0.5, 0.6) is 0 Å². The molecule has 29 heavy (non-hydrogen) atoms. The third kappa shape index (κ3) is 3.85. The summed E-state index contributed by atoms with van der Waals surface area (Å²) in [6.45, 7) is 5.88. The van der Waals surface area contributed by atoms with Crippen LogP contribution in [0.2, 0.25) is 0 Å². The second-order valence-electron chi connectivity index (χ2n) is 7.65. The first kappa shape index (κ1) is 19.1. The molecule has 2 aromatic heterocycles. The Balaban J connectivity index is 1.69. The van der Waals surface area contributed by atoms with E-state index in [2.05, 4.69) is 20.7 Å². The van der Waals surface area contributed by atoms with Crippen molar-refractivity contribution in [3.05, 3.63) is 53.0 Å². The molecule has 0 spiro atoms. The van der Waals surface area contributed by atoms with Crippen molar-refractivity contribution >= 4 is 28.7 Å². The van der Waals surface area contributed by atoms with E-state index in [4.69, 9.17) is 0 Å². The van der Waals surface area contributed by atoms with E-state index in [1.807, 2.05) is 39.0 Å². The minimum atomic E-state index is -0.0605. The summed E-state index contributed by atoms with van der Waals surface area (Å²) in [6, 6.07) is 5.90. The lowest BCUT2D eigenvalue weighted by Gasteiger charge is -2.12. The van der Waals surface area contributed by atoms with Gasteiger partial charge in [-0.2, -0.15) is 5.10 Å². The number of hydrogen-bond acceptors (Lipinski definition) is 5. The largest absolute Gasteiger partial charge is 0.349 e. The Morgan fingerprint density at radius 3 is 2.76 bits per heavy atom. The fourth-order valence-electron chi connectivity index (χ4n) is 3.42. The SMILES string of the molecule is CCCC(=O)c1cn2ncnc(Nc3cc(C(=O)NC4CC4)ccc3C)c2c1C. The van der Waals surface area contributed by atoms with Crippen molar-refractivity contribution in [1.82, 2.24) is 19.9 Å². The lowest BCUT2D eigenvalue weighted by atomic mass is 10.1. The molecule has 1 aliphatic rings. The molecule has 1 fully saturated rings. The Hall–Kier alpha value is -3.22. The molecule has 2 N–H and O–H groups in total. The number of aryl methyl sites for hydroxylation is 2. The second kappa shape index (κ2) is 7.66. The van der Waals surface area contributed by atoms with Crippen LogP contribution in [0.4, 0.5) is 11.5 Å². The highest BCUT2D eigenvalue weighted by molar-refractivity contribution is 6.00. The average molecular weight is 391 g/mol. The number of rotatable bonds is 7. The van der Waals surface area contributed by atoms with Gasteiger partial charge in [-0.3, -0.25) is 9.59 Å². The fourth-order valence-corrected chi connectivity index (χ4v) is 3.42. The lowest BCUT2D eigenvalue weighted by molar-refractivity contribution is 0.0949. The first-order valence-corrected chi connectivity index (χ1v) is 10.0. The third-order valence-electron chi connectivity index (χ3n) is 5.27. The molecule has 4 rings (SSSR count). The number of nitrogens with zero attached hydrogens (tertiary/aromatic N) is 3. The van der Waals surface area contributed by atoms with Gasteiger partial charge in [-0.1, -0.05) is 13.0 Å². The van der Waals surface area contributed by atoms with Crippen LogP contribution in [0.15, 0.2) is 30.7 Å². The van der Waals surface area contributed by atoms with Crippen molar-refractivity contribution in [3.63, 3.8) is 0 Å². The summed E-state index contributed by atoms with van der Waals surface area (Å²) in [5, 5.41) is 10.6. The van der Waals surface area contributed by atoms with Gasteiger partial charge < -0.3 is 10.6 Å². The highest BCUT2D eigenvalue weighted by Gasteiger charge is 2.24. The fraction of sp³-hybridized carbons (Fsp3) is 0.364. The van der Waals surface area contributed by atoms with Crippen molar-refractivity contribution in [2.24, 2.45) is 0 Å². The standard InChI is InChI=1S/C22H25N5O2/c1-4-5-19(28)17-11-27-20(14(17)3)21(23-12-24-27)26-18-10-15(7-6-13(18)2)22(29)25-16-8-9-16/h6-7,10-12,16H,4-5,8-9H2,1-3H3,(H,25,29)(H,23,24,26). The summed E-state index contributed by atoms with van der Waals surface area (Å²) >= 11 is 0. The van der Waals surface area contributed by atoms with Crippen LogP contribution in [0.3, 0.4) is 0 Å². The average Bonchev–Trinajstić information content (AvgIpc) is 3.44. The highest BCUT2D eigenvalue weighted by Crippen LogP contribution is 2.28. The molecule has 150 valence electrons. The van der Waals surface area contributed by atoms with Gasteiger partial charge in [0, 0.05) is 35.5 Å². The predicted octanol–water partition coefficient (Wildman–Crippen LogP) is 3.96. The number of ketones is 1. The minimum Gasteiger partial charge on any atom is -0.349 e. The van der Waals surface area contributed by atoms with E-state index in [1.165, 1.54) is 6.33 Å². The number of nitrogens with one attached hydrogen (secondary N) is 2. The van der Waals surface area contributed by atoms with Gasteiger partial charge in [0.15, 0.2) is 11.6 Å². The van der Waals surface area contributed by atoms with Gasteiger partial charge in [0.1, 0.15) is 11.8 Å². The number of Topliss-reactive ketones (excluding diaryl/α,β-unsaturated/α-hetero) is 1. The molecule has 3 aromatic rings. The quantitative estimate of drug-likeness (QED) is 0.595. The molecule has 1 aliphatic carbocycles. The summed E-state index contributed by atoms with van der Waals surface area (Å²) in [6.07, 6.45) is 6.63.